The average molecular weight is 396 g/mol. The van der Waals surface area contributed by atoms with Crippen molar-refractivity contribution in [3.05, 3.63) is 57.0 Å². The summed E-state index contributed by atoms with van der Waals surface area (Å²) < 4.78 is 11.4. The Bertz CT molecular complexity index is 763. The van der Waals surface area contributed by atoms with Gasteiger partial charge in [-0.3, -0.25) is 4.79 Å². The molecule has 2 aromatic carbocycles. The van der Waals surface area contributed by atoms with Gasteiger partial charge in [0, 0.05) is 15.1 Å². The number of fused-ring (bicyclic) bond motifs is 1. The van der Waals surface area contributed by atoms with Crippen LogP contribution in [0.1, 0.15) is 11.1 Å². The lowest BCUT2D eigenvalue weighted by atomic mass is 10.1. The number of nitrogens with zero attached hydrogens (tertiary/aromatic N) is 1. The first-order valence-corrected chi connectivity index (χ1v) is 7.94. The third-order valence-electron chi connectivity index (χ3n) is 3.16. The van der Waals surface area contributed by atoms with E-state index in [-0.39, 0.29) is 19.1 Å². The largest absolute Gasteiger partial charge is 0.454 e. The summed E-state index contributed by atoms with van der Waals surface area (Å²) >= 11 is 9.23. The van der Waals surface area contributed by atoms with Crippen LogP contribution in [0, 0.1) is 0 Å². The maximum atomic E-state index is 11.8. The van der Waals surface area contributed by atoms with Crippen LogP contribution in [-0.2, 0) is 11.2 Å². The molecule has 2 aromatic rings. The first kappa shape index (κ1) is 15.8. The van der Waals surface area contributed by atoms with Gasteiger partial charge >= 0.3 is 0 Å². The van der Waals surface area contributed by atoms with Gasteiger partial charge in [0.2, 0.25) is 12.7 Å². The molecular formula is C16H12BrClN2O3. The van der Waals surface area contributed by atoms with Crippen LogP contribution >= 0.6 is 27.5 Å². The molecule has 0 aromatic heterocycles. The van der Waals surface area contributed by atoms with Gasteiger partial charge in [-0.1, -0.05) is 23.7 Å². The lowest BCUT2D eigenvalue weighted by Crippen LogP contribution is -2.19. The molecule has 0 saturated heterocycles. The number of amides is 1. The van der Waals surface area contributed by atoms with Gasteiger partial charge in [-0.05, 0) is 45.8 Å². The van der Waals surface area contributed by atoms with Crippen molar-refractivity contribution in [1.29, 1.82) is 0 Å². The van der Waals surface area contributed by atoms with E-state index in [9.17, 15) is 4.79 Å². The standard InChI is InChI=1S/C16H12BrClN2O3/c17-13-7-15-14(22-9-23-15)6-11(13)8-19-20-16(21)5-10-1-3-12(18)4-2-10/h1-4,6-8H,5,9H2,(H,20,21)/b19-8-. The molecule has 0 saturated carbocycles. The fourth-order valence-electron chi connectivity index (χ4n) is 2.03. The molecule has 0 unspecified atom stereocenters. The second-order valence-corrected chi connectivity index (χ2v) is 6.11. The van der Waals surface area contributed by atoms with E-state index in [1.165, 1.54) is 0 Å². The van der Waals surface area contributed by atoms with Crippen LogP contribution in [0.25, 0.3) is 0 Å². The first-order chi connectivity index (χ1) is 11.1. The molecule has 0 radical (unpaired) electrons. The highest BCUT2D eigenvalue weighted by molar-refractivity contribution is 9.10. The van der Waals surface area contributed by atoms with Crippen molar-refractivity contribution in [3.8, 4) is 11.5 Å². The molecule has 23 heavy (non-hydrogen) atoms. The van der Waals surface area contributed by atoms with Gasteiger partial charge in [-0.2, -0.15) is 5.10 Å². The van der Waals surface area contributed by atoms with Crippen LogP contribution in [0.15, 0.2) is 46.0 Å². The number of hydrazone groups is 1. The third-order valence-corrected chi connectivity index (χ3v) is 4.10. The summed E-state index contributed by atoms with van der Waals surface area (Å²) in [5, 5.41) is 4.60. The van der Waals surface area contributed by atoms with Gasteiger partial charge in [0.25, 0.3) is 0 Å². The van der Waals surface area contributed by atoms with E-state index in [4.69, 9.17) is 21.1 Å². The van der Waals surface area contributed by atoms with Gasteiger partial charge in [-0.25, -0.2) is 5.43 Å². The third kappa shape index (κ3) is 4.03. The Kier molecular flexibility index (Phi) is 4.83. The number of benzene rings is 2. The van der Waals surface area contributed by atoms with E-state index in [1.807, 2.05) is 0 Å². The van der Waals surface area contributed by atoms with Crippen molar-refractivity contribution in [3.63, 3.8) is 0 Å². The molecule has 7 heteroatoms. The van der Waals surface area contributed by atoms with Crippen LogP contribution in [0.3, 0.4) is 0 Å². The number of hydrogen-bond donors (Lipinski definition) is 1. The molecule has 1 aliphatic heterocycles. The van der Waals surface area contributed by atoms with Crippen LogP contribution in [0.5, 0.6) is 11.5 Å². The van der Waals surface area contributed by atoms with Crippen LogP contribution in [0.4, 0.5) is 0 Å². The van der Waals surface area contributed by atoms with Crippen molar-refractivity contribution in [2.45, 2.75) is 6.42 Å². The normalized spacial score (nSPS) is 12.6. The summed E-state index contributed by atoms with van der Waals surface area (Å²) in [6.07, 6.45) is 1.78. The molecule has 1 N–H and O–H groups in total. The van der Waals surface area contributed by atoms with E-state index >= 15 is 0 Å². The zero-order valence-corrected chi connectivity index (χ0v) is 14.2. The Balaban J connectivity index is 1.60. The molecule has 0 fully saturated rings. The molecule has 1 aliphatic rings. The topological polar surface area (TPSA) is 59.9 Å². The number of rotatable bonds is 4. The van der Waals surface area contributed by atoms with Gasteiger partial charge in [-0.15, -0.1) is 0 Å². The average Bonchev–Trinajstić information content (AvgIpc) is 2.97. The quantitative estimate of drug-likeness (QED) is 0.636. The van der Waals surface area contributed by atoms with E-state index in [0.29, 0.717) is 16.5 Å². The van der Waals surface area contributed by atoms with Gasteiger partial charge in [0.05, 0.1) is 12.6 Å². The monoisotopic (exact) mass is 394 g/mol. The van der Waals surface area contributed by atoms with Crippen molar-refractivity contribution < 1.29 is 14.3 Å². The van der Waals surface area contributed by atoms with E-state index in [1.54, 1.807) is 42.6 Å². The number of carbonyl (C=O) groups excluding carboxylic acids is 1. The smallest absolute Gasteiger partial charge is 0.244 e. The Morgan fingerprint density at radius 2 is 1.96 bits per heavy atom. The predicted octanol–water partition coefficient (Wildman–Crippen LogP) is 3.52. The number of nitrogens with one attached hydrogen (secondary N) is 1. The molecule has 0 spiro atoms. The molecule has 5 nitrogen and oxygen atoms in total. The molecule has 0 bridgehead atoms. The van der Waals surface area contributed by atoms with Gasteiger partial charge < -0.3 is 9.47 Å². The molecule has 3 rings (SSSR count). The Morgan fingerprint density at radius 3 is 2.70 bits per heavy atom. The van der Waals surface area contributed by atoms with Crippen molar-refractivity contribution in [2.75, 3.05) is 6.79 Å². The molecule has 1 heterocycles. The van der Waals surface area contributed by atoms with Crippen molar-refractivity contribution in [2.24, 2.45) is 5.10 Å². The molecule has 118 valence electrons. The van der Waals surface area contributed by atoms with E-state index < -0.39 is 0 Å². The zero-order chi connectivity index (χ0) is 16.2. The highest BCUT2D eigenvalue weighted by Crippen LogP contribution is 2.36. The molecular weight excluding hydrogens is 384 g/mol. The van der Waals surface area contributed by atoms with Crippen LogP contribution in [-0.4, -0.2) is 18.9 Å². The number of ether oxygens (including phenoxy) is 2. The first-order valence-electron chi connectivity index (χ1n) is 6.77. The number of hydrogen-bond acceptors (Lipinski definition) is 4. The summed E-state index contributed by atoms with van der Waals surface area (Å²) in [7, 11) is 0. The van der Waals surface area contributed by atoms with E-state index in [2.05, 4.69) is 26.5 Å². The maximum absolute atomic E-state index is 11.8. The second kappa shape index (κ2) is 7.02. The van der Waals surface area contributed by atoms with Crippen LogP contribution < -0.4 is 14.9 Å². The lowest BCUT2D eigenvalue weighted by molar-refractivity contribution is -0.120. The minimum Gasteiger partial charge on any atom is -0.454 e. The molecule has 0 atom stereocenters. The summed E-state index contributed by atoms with van der Waals surface area (Å²) in [5.41, 5.74) is 4.14. The maximum Gasteiger partial charge on any atom is 0.244 e. The SMILES string of the molecule is O=C(Cc1ccc(Cl)cc1)N/N=C\c1cc2c(cc1Br)OCO2. The fraction of sp³-hybridized carbons (Fsp3) is 0.125. The zero-order valence-electron chi connectivity index (χ0n) is 11.9. The Hall–Kier alpha value is -2.05. The Morgan fingerprint density at radius 1 is 1.26 bits per heavy atom. The van der Waals surface area contributed by atoms with Gasteiger partial charge in [0.15, 0.2) is 11.5 Å². The fourth-order valence-corrected chi connectivity index (χ4v) is 2.58. The second-order valence-electron chi connectivity index (χ2n) is 4.82. The number of halogens is 2. The highest BCUT2D eigenvalue weighted by Gasteiger charge is 2.15. The predicted molar refractivity (Wildman–Crippen MR) is 91.2 cm³/mol. The molecule has 1 amide bonds. The van der Waals surface area contributed by atoms with Gasteiger partial charge in [0.1, 0.15) is 0 Å². The van der Waals surface area contributed by atoms with Crippen molar-refractivity contribution in [1.82, 2.24) is 5.43 Å². The minimum atomic E-state index is -0.208. The van der Waals surface area contributed by atoms with Crippen molar-refractivity contribution >= 4 is 39.7 Å². The van der Waals surface area contributed by atoms with E-state index in [0.717, 1.165) is 15.6 Å². The highest BCUT2D eigenvalue weighted by atomic mass is 79.9. The molecule has 0 aliphatic carbocycles. The summed E-state index contributed by atoms with van der Waals surface area (Å²) in [5.74, 6) is 1.13. The summed E-state index contributed by atoms with van der Waals surface area (Å²) in [6.45, 7) is 0.209. The summed E-state index contributed by atoms with van der Waals surface area (Å²) in [4.78, 5) is 11.8. The number of carbonyl (C=O) groups is 1. The Labute approximate surface area is 146 Å². The lowest BCUT2D eigenvalue weighted by Gasteiger charge is -2.03. The van der Waals surface area contributed by atoms with Crippen LogP contribution in [0.2, 0.25) is 5.02 Å². The summed E-state index contributed by atoms with van der Waals surface area (Å²) in [6, 6.07) is 10.7. The minimum absolute atomic E-state index is 0.208.